The highest BCUT2D eigenvalue weighted by Gasteiger charge is 2.08. The minimum absolute atomic E-state index is 0.132. The van der Waals surface area contributed by atoms with E-state index in [1.165, 1.54) is 17.8 Å². The molecule has 1 aromatic rings. The van der Waals surface area contributed by atoms with Gasteiger partial charge < -0.3 is 10.7 Å². The third kappa shape index (κ3) is 4.16. The number of nitrogens with zero attached hydrogens (tertiary/aromatic N) is 1. The van der Waals surface area contributed by atoms with Gasteiger partial charge in [-0.25, -0.2) is 4.98 Å². The Morgan fingerprint density at radius 3 is 3.00 bits per heavy atom. The van der Waals surface area contributed by atoms with E-state index in [-0.39, 0.29) is 16.6 Å². The number of amidine groups is 1. The van der Waals surface area contributed by atoms with Crippen LogP contribution in [0.2, 0.25) is 0 Å². The molecule has 1 aromatic heterocycles. The lowest BCUT2D eigenvalue weighted by Gasteiger charge is -2.08. The van der Waals surface area contributed by atoms with Crippen molar-refractivity contribution in [3.8, 4) is 0 Å². The van der Waals surface area contributed by atoms with Crippen molar-refractivity contribution >= 4 is 17.6 Å². The van der Waals surface area contributed by atoms with E-state index in [4.69, 9.17) is 11.1 Å². The molecule has 1 rings (SSSR count). The lowest BCUT2D eigenvalue weighted by molar-refractivity contribution is 0.890. The molecule has 0 bridgehead atoms. The predicted molar refractivity (Wildman–Crippen MR) is 61.4 cm³/mol. The van der Waals surface area contributed by atoms with Crippen molar-refractivity contribution in [2.24, 2.45) is 5.73 Å². The zero-order valence-electron chi connectivity index (χ0n) is 8.70. The third-order valence-corrected chi connectivity index (χ3v) is 2.65. The minimum Gasteiger partial charge on any atom is -0.388 e. The van der Waals surface area contributed by atoms with Crippen LogP contribution in [0.3, 0.4) is 0 Å². The molecule has 0 radical (unpaired) electrons. The average molecular weight is 226 g/mol. The summed E-state index contributed by atoms with van der Waals surface area (Å²) in [6.07, 6.45) is 0.488. The molecular weight excluding hydrogens is 212 g/mol. The molecule has 5 nitrogen and oxygen atoms in total. The van der Waals surface area contributed by atoms with E-state index >= 15 is 0 Å². The Hall–Kier alpha value is -1.30. The lowest BCUT2D eigenvalue weighted by atomic mass is 10.3. The van der Waals surface area contributed by atoms with Gasteiger partial charge in [0.1, 0.15) is 0 Å². The standard InChI is InChI=1S/C9H14N4OS/c1-5-3-8(14)13-9(12-5)15-6(2)4-7(10)11/h3,6H,4H2,1-2H3,(H3,10,11)(H,12,13,14). The topological polar surface area (TPSA) is 95.6 Å². The summed E-state index contributed by atoms with van der Waals surface area (Å²) in [7, 11) is 0. The fourth-order valence-corrected chi connectivity index (χ4v) is 2.15. The first-order chi connectivity index (χ1) is 6.97. The van der Waals surface area contributed by atoms with Crippen LogP contribution in [0.5, 0.6) is 0 Å². The predicted octanol–water partition coefficient (Wildman–Crippen LogP) is 0.885. The second-order valence-corrected chi connectivity index (χ2v) is 4.78. The van der Waals surface area contributed by atoms with Crippen molar-refractivity contribution in [3.63, 3.8) is 0 Å². The molecule has 4 N–H and O–H groups in total. The molecule has 0 saturated heterocycles. The van der Waals surface area contributed by atoms with Crippen molar-refractivity contribution in [2.75, 3.05) is 0 Å². The number of H-pyrrole nitrogens is 1. The van der Waals surface area contributed by atoms with Crippen LogP contribution in [0, 0.1) is 12.3 Å². The molecule has 82 valence electrons. The maximum Gasteiger partial charge on any atom is 0.251 e. The first-order valence-electron chi connectivity index (χ1n) is 4.55. The molecule has 0 amide bonds. The van der Waals surface area contributed by atoms with Gasteiger partial charge in [-0.05, 0) is 6.92 Å². The highest BCUT2D eigenvalue weighted by molar-refractivity contribution is 7.99. The summed E-state index contributed by atoms with van der Waals surface area (Å²) < 4.78 is 0. The number of nitrogens with one attached hydrogen (secondary N) is 2. The lowest BCUT2D eigenvalue weighted by Crippen LogP contribution is -2.16. The molecule has 15 heavy (non-hydrogen) atoms. The molecule has 0 spiro atoms. The Morgan fingerprint density at radius 2 is 2.47 bits per heavy atom. The van der Waals surface area contributed by atoms with Gasteiger partial charge in [0.25, 0.3) is 5.56 Å². The van der Waals surface area contributed by atoms with Crippen molar-refractivity contribution in [3.05, 3.63) is 22.1 Å². The van der Waals surface area contributed by atoms with Crippen LogP contribution in [0.1, 0.15) is 19.0 Å². The SMILES string of the molecule is Cc1cc(=O)[nH]c(SC(C)CC(=N)N)n1. The van der Waals surface area contributed by atoms with E-state index in [1.54, 1.807) is 6.92 Å². The highest BCUT2D eigenvalue weighted by Crippen LogP contribution is 2.20. The Balaban J connectivity index is 2.72. The molecule has 0 fully saturated rings. The fourth-order valence-electron chi connectivity index (χ4n) is 1.15. The molecule has 0 aliphatic heterocycles. The Labute approximate surface area is 92.0 Å². The molecule has 0 aliphatic rings. The monoisotopic (exact) mass is 226 g/mol. The molecule has 0 aromatic carbocycles. The van der Waals surface area contributed by atoms with Gasteiger partial charge in [0, 0.05) is 23.4 Å². The Morgan fingerprint density at radius 1 is 1.80 bits per heavy atom. The van der Waals surface area contributed by atoms with Crippen LogP contribution in [-0.2, 0) is 0 Å². The van der Waals surface area contributed by atoms with Gasteiger partial charge in [0.05, 0.1) is 5.84 Å². The largest absolute Gasteiger partial charge is 0.388 e. The van der Waals surface area contributed by atoms with Crippen LogP contribution in [0.15, 0.2) is 16.0 Å². The van der Waals surface area contributed by atoms with Gasteiger partial charge in [-0.1, -0.05) is 18.7 Å². The molecule has 6 heteroatoms. The molecular formula is C9H14N4OS. The van der Waals surface area contributed by atoms with Gasteiger partial charge >= 0.3 is 0 Å². The van der Waals surface area contributed by atoms with Crippen molar-refractivity contribution in [1.82, 2.24) is 9.97 Å². The number of aromatic nitrogens is 2. The highest BCUT2D eigenvalue weighted by atomic mass is 32.2. The third-order valence-electron chi connectivity index (χ3n) is 1.67. The van der Waals surface area contributed by atoms with Crippen molar-refractivity contribution in [1.29, 1.82) is 5.41 Å². The summed E-state index contributed by atoms with van der Waals surface area (Å²) >= 11 is 1.41. The van der Waals surface area contributed by atoms with E-state index in [1.807, 2.05) is 6.92 Å². The van der Waals surface area contributed by atoms with Gasteiger partial charge in [0.2, 0.25) is 0 Å². The van der Waals surface area contributed by atoms with Gasteiger partial charge in [-0.3, -0.25) is 10.2 Å². The van der Waals surface area contributed by atoms with E-state index in [2.05, 4.69) is 9.97 Å². The van der Waals surface area contributed by atoms with E-state index in [0.717, 1.165) is 0 Å². The second-order valence-electron chi connectivity index (χ2n) is 3.35. The number of nitrogens with two attached hydrogens (primary N) is 1. The van der Waals surface area contributed by atoms with Crippen LogP contribution in [0.25, 0.3) is 0 Å². The average Bonchev–Trinajstić information content (AvgIpc) is 1.98. The second kappa shape index (κ2) is 4.97. The quantitative estimate of drug-likeness (QED) is 0.307. The van der Waals surface area contributed by atoms with Gasteiger partial charge in [-0.2, -0.15) is 0 Å². The zero-order chi connectivity index (χ0) is 11.4. The summed E-state index contributed by atoms with van der Waals surface area (Å²) in [6, 6.07) is 1.44. The normalized spacial score (nSPS) is 12.4. The molecule has 1 heterocycles. The molecule has 0 saturated carbocycles. The summed E-state index contributed by atoms with van der Waals surface area (Å²) in [4.78, 5) is 18.0. The fraction of sp³-hybridized carbons (Fsp3) is 0.444. The Kier molecular flexibility index (Phi) is 3.90. The molecule has 1 atom stereocenters. The number of hydrogen-bond donors (Lipinski definition) is 3. The molecule has 0 aliphatic carbocycles. The molecule has 1 unspecified atom stereocenters. The zero-order valence-corrected chi connectivity index (χ0v) is 9.52. The number of rotatable bonds is 4. The summed E-state index contributed by atoms with van der Waals surface area (Å²) in [5, 5.41) is 7.86. The van der Waals surface area contributed by atoms with E-state index in [9.17, 15) is 4.79 Å². The first kappa shape index (κ1) is 11.8. The first-order valence-corrected chi connectivity index (χ1v) is 5.43. The summed E-state index contributed by atoms with van der Waals surface area (Å²) in [5.74, 6) is 0.144. The maximum absolute atomic E-state index is 11.1. The van der Waals surface area contributed by atoms with Gasteiger partial charge in [-0.15, -0.1) is 0 Å². The van der Waals surface area contributed by atoms with Crippen molar-refractivity contribution < 1.29 is 0 Å². The van der Waals surface area contributed by atoms with Crippen LogP contribution >= 0.6 is 11.8 Å². The number of thioether (sulfide) groups is 1. The van der Waals surface area contributed by atoms with Crippen LogP contribution in [-0.4, -0.2) is 21.1 Å². The Bertz CT molecular complexity index is 415. The van der Waals surface area contributed by atoms with E-state index < -0.39 is 0 Å². The number of hydrogen-bond acceptors (Lipinski definition) is 4. The van der Waals surface area contributed by atoms with Crippen molar-refractivity contribution in [2.45, 2.75) is 30.7 Å². The van der Waals surface area contributed by atoms with Crippen LogP contribution < -0.4 is 11.3 Å². The maximum atomic E-state index is 11.1. The number of aromatic amines is 1. The van der Waals surface area contributed by atoms with Gasteiger partial charge in [0.15, 0.2) is 5.16 Å². The number of aryl methyl sites for hydroxylation is 1. The van der Waals surface area contributed by atoms with Crippen LogP contribution in [0.4, 0.5) is 0 Å². The minimum atomic E-state index is -0.153. The van der Waals surface area contributed by atoms with E-state index in [0.29, 0.717) is 17.3 Å². The summed E-state index contributed by atoms with van der Waals surface area (Å²) in [5.41, 5.74) is 5.82. The smallest absolute Gasteiger partial charge is 0.251 e. The summed E-state index contributed by atoms with van der Waals surface area (Å²) in [6.45, 7) is 3.71.